The lowest BCUT2D eigenvalue weighted by Crippen LogP contribution is -2.34. The highest BCUT2D eigenvalue weighted by Crippen LogP contribution is 2.19. The number of carbonyl (C=O) groups is 1. The minimum absolute atomic E-state index is 0.125. The fourth-order valence-electron chi connectivity index (χ4n) is 2.39. The third kappa shape index (κ3) is 3.86. The van der Waals surface area contributed by atoms with E-state index in [2.05, 4.69) is 22.3 Å². The molecule has 116 valence electrons. The zero-order chi connectivity index (χ0) is 15.9. The van der Waals surface area contributed by atoms with Crippen LogP contribution in [0.3, 0.4) is 0 Å². The fraction of sp³-hybridized carbons (Fsp3) is 0.278. The normalized spacial score (nSPS) is 12.0. The second kappa shape index (κ2) is 7.61. The predicted molar refractivity (Wildman–Crippen MR) is 88.2 cm³/mol. The molecule has 0 aliphatic rings. The van der Waals surface area contributed by atoms with Crippen LogP contribution in [0, 0.1) is 0 Å². The van der Waals surface area contributed by atoms with Crippen molar-refractivity contribution in [2.24, 2.45) is 0 Å². The maximum atomic E-state index is 12.4. The number of amides is 1. The Kier molecular flexibility index (Phi) is 5.55. The molecule has 0 radical (unpaired) electrons. The van der Waals surface area contributed by atoms with Crippen molar-refractivity contribution in [3.63, 3.8) is 0 Å². The number of para-hydroxylation sites is 1. The zero-order valence-electron chi connectivity index (χ0n) is 13.2. The Morgan fingerprint density at radius 3 is 2.36 bits per heavy atom. The average molecular weight is 298 g/mol. The van der Waals surface area contributed by atoms with Crippen molar-refractivity contribution in [1.82, 2.24) is 10.2 Å². The molecule has 0 saturated heterocycles. The first-order valence-electron chi connectivity index (χ1n) is 7.26. The van der Waals surface area contributed by atoms with Gasteiger partial charge in [0.15, 0.2) is 0 Å². The van der Waals surface area contributed by atoms with E-state index in [1.54, 1.807) is 19.2 Å². The Balaban J connectivity index is 2.08. The van der Waals surface area contributed by atoms with Gasteiger partial charge >= 0.3 is 0 Å². The average Bonchev–Trinajstić information content (AvgIpc) is 2.55. The van der Waals surface area contributed by atoms with Gasteiger partial charge in [-0.25, -0.2) is 0 Å². The third-order valence-electron chi connectivity index (χ3n) is 3.62. The Morgan fingerprint density at radius 2 is 1.73 bits per heavy atom. The monoisotopic (exact) mass is 298 g/mol. The third-order valence-corrected chi connectivity index (χ3v) is 3.62. The second-order valence-electron chi connectivity index (χ2n) is 5.30. The van der Waals surface area contributed by atoms with Gasteiger partial charge in [0.1, 0.15) is 5.75 Å². The van der Waals surface area contributed by atoms with Gasteiger partial charge in [-0.3, -0.25) is 4.79 Å². The van der Waals surface area contributed by atoms with Crippen LogP contribution in [0.4, 0.5) is 0 Å². The number of hydrogen-bond acceptors (Lipinski definition) is 3. The number of nitrogens with zero attached hydrogens (tertiary/aromatic N) is 1. The van der Waals surface area contributed by atoms with Crippen molar-refractivity contribution in [2.75, 3.05) is 27.7 Å². The molecule has 1 amide bonds. The lowest BCUT2D eigenvalue weighted by atomic mass is 10.1. The summed E-state index contributed by atoms with van der Waals surface area (Å²) in [6.45, 7) is 0.536. The van der Waals surface area contributed by atoms with Crippen molar-refractivity contribution in [1.29, 1.82) is 0 Å². The van der Waals surface area contributed by atoms with Crippen molar-refractivity contribution >= 4 is 5.91 Å². The van der Waals surface area contributed by atoms with Crippen LogP contribution in [0.2, 0.25) is 0 Å². The number of rotatable bonds is 6. The number of hydrogen-bond donors (Lipinski definition) is 1. The highest BCUT2D eigenvalue weighted by Gasteiger charge is 2.17. The zero-order valence-corrected chi connectivity index (χ0v) is 13.2. The molecule has 0 aromatic heterocycles. The Morgan fingerprint density at radius 1 is 1.09 bits per heavy atom. The van der Waals surface area contributed by atoms with E-state index in [-0.39, 0.29) is 11.9 Å². The van der Waals surface area contributed by atoms with Gasteiger partial charge in [-0.15, -0.1) is 0 Å². The largest absolute Gasteiger partial charge is 0.496 e. The standard InChI is InChI=1S/C18H22N2O2/c1-20(2)16(14-9-5-4-6-10-14)13-19-18(21)15-11-7-8-12-17(15)22-3/h4-12,16H,13H2,1-3H3,(H,19,21)/t16-/m0/s1. The SMILES string of the molecule is COc1ccccc1C(=O)NC[C@@H](c1ccccc1)N(C)C. The van der Waals surface area contributed by atoms with E-state index in [4.69, 9.17) is 4.74 Å². The first-order chi connectivity index (χ1) is 10.6. The van der Waals surface area contributed by atoms with Crippen molar-refractivity contribution < 1.29 is 9.53 Å². The van der Waals surface area contributed by atoms with Crippen molar-refractivity contribution in [3.05, 3.63) is 65.7 Å². The minimum atomic E-state index is -0.125. The minimum Gasteiger partial charge on any atom is -0.496 e. The Labute approximate surface area is 131 Å². The summed E-state index contributed by atoms with van der Waals surface area (Å²) in [4.78, 5) is 14.5. The number of methoxy groups -OCH3 is 1. The van der Waals surface area contributed by atoms with Gasteiger partial charge in [0.25, 0.3) is 5.91 Å². The van der Waals surface area contributed by atoms with Gasteiger partial charge in [-0.05, 0) is 31.8 Å². The molecule has 0 bridgehead atoms. The van der Waals surface area contributed by atoms with Crippen LogP contribution in [0.1, 0.15) is 22.0 Å². The topological polar surface area (TPSA) is 41.6 Å². The highest BCUT2D eigenvalue weighted by molar-refractivity contribution is 5.96. The van der Waals surface area contributed by atoms with Crippen LogP contribution in [-0.4, -0.2) is 38.6 Å². The van der Waals surface area contributed by atoms with E-state index in [0.29, 0.717) is 17.9 Å². The molecule has 2 aromatic carbocycles. The van der Waals surface area contributed by atoms with E-state index in [0.717, 1.165) is 0 Å². The van der Waals surface area contributed by atoms with Gasteiger partial charge in [-0.1, -0.05) is 42.5 Å². The van der Waals surface area contributed by atoms with Crippen molar-refractivity contribution in [3.8, 4) is 5.75 Å². The number of carbonyl (C=O) groups excluding carboxylic acids is 1. The molecule has 2 rings (SSSR count). The van der Waals surface area contributed by atoms with E-state index < -0.39 is 0 Å². The second-order valence-corrected chi connectivity index (χ2v) is 5.30. The Hall–Kier alpha value is -2.33. The summed E-state index contributed by atoms with van der Waals surface area (Å²) in [5.74, 6) is 0.460. The van der Waals surface area contributed by atoms with E-state index >= 15 is 0 Å². The summed E-state index contributed by atoms with van der Waals surface area (Å²) in [5, 5.41) is 2.99. The first-order valence-corrected chi connectivity index (χ1v) is 7.26. The molecule has 0 unspecified atom stereocenters. The summed E-state index contributed by atoms with van der Waals surface area (Å²) in [6, 6.07) is 17.5. The number of ether oxygens (including phenoxy) is 1. The van der Waals surface area contributed by atoms with Gasteiger partial charge in [0.2, 0.25) is 0 Å². The summed E-state index contributed by atoms with van der Waals surface area (Å²) in [5.41, 5.74) is 1.73. The van der Waals surface area contributed by atoms with Crippen LogP contribution in [-0.2, 0) is 0 Å². The van der Waals surface area contributed by atoms with E-state index in [9.17, 15) is 4.79 Å². The summed E-state index contributed by atoms with van der Waals surface area (Å²) >= 11 is 0. The number of benzene rings is 2. The molecule has 0 saturated carbocycles. The van der Waals surface area contributed by atoms with E-state index in [1.807, 2.05) is 44.4 Å². The van der Waals surface area contributed by atoms with Gasteiger partial charge in [0.05, 0.1) is 18.7 Å². The molecule has 0 aliphatic carbocycles. The summed E-state index contributed by atoms with van der Waals surface area (Å²) in [7, 11) is 5.58. The molecule has 4 nitrogen and oxygen atoms in total. The van der Waals surface area contributed by atoms with Crippen molar-refractivity contribution in [2.45, 2.75) is 6.04 Å². The molecule has 22 heavy (non-hydrogen) atoms. The summed E-state index contributed by atoms with van der Waals surface area (Å²) < 4.78 is 5.23. The number of likely N-dealkylation sites (N-methyl/N-ethyl adjacent to an activating group) is 1. The van der Waals surface area contributed by atoms with Gasteiger partial charge in [-0.2, -0.15) is 0 Å². The lowest BCUT2D eigenvalue weighted by Gasteiger charge is -2.25. The molecule has 4 heteroatoms. The fourth-order valence-corrected chi connectivity index (χ4v) is 2.39. The van der Waals surface area contributed by atoms with Gasteiger partial charge < -0.3 is 15.0 Å². The molecule has 0 aliphatic heterocycles. The summed E-state index contributed by atoms with van der Waals surface area (Å²) in [6.07, 6.45) is 0. The molecule has 2 aromatic rings. The van der Waals surface area contributed by atoms with Crippen LogP contribution in [0.25, 0.3) is 0 Å². The first kappa shape index (κ1) is 16.0. The van der Waals surface area contributed by atoms with Crippen LogP contribution >= 0.6 is 0 Å². The molecular formula is C18H22N2O2. The van der Waals surface area contributed by atoms with E-state index in [1.165, 1.54) is 5.56 Å². The van der Waals surface area contributed by atoms with Crippen LogP contribution < -0.4 is 10.1 Å². The predicted octanol–water partition coefficient (Wildman–Crippen LogP) is 2.73. The maximum absolute atomic E-state index is 12.4. The maximum Gasteiger partial charge on any atom is 0.255 e. The molecular weight excluding hydrogens is 276 g/mol. The van der Waals surface area contributed by atoms with Crippen LogP contribution in [0.15, 0.2) is 54.6 Å². The molecule has 0 heterocycles. The molecule has 0 fully saturated rings. The quantitative estimate of drug-likeness (QED) is 0.891. The van der Waals surface area contributed by atoms with Gasteiger partial charge in [0, 0.05) is 6.54 Å². The highest BCUT2D eigenvalue weighted by atomic mass is 16.5. The molecule has 1 atom stereocenters. The number of nitrogens with one attached hydrogen (secondary N) is 1. The molecule has 0 spiro atoms. The molecule has 1 N–H and O–H groups in total. The smallest absolute Gasteiger partial charge is 0.255 e. The Bertz CT molecular complexity index is 611. The lowest BCUT2D eigenvalue weighted by molar-refractivity contribution is 0.0939. The van der Waals surface area contributed by atoms with Crippen LogP contribution in [0.5, 0.6) is 5.75 Å².